The van der Waals surface area contributed by atoms with Gasteiger partial charge in [0.2, 0.25) is 9.84 Å². The number of carbonyl (C=O) groups excluding carboxylic acids is 1. The van der Waals surface area contributed by atoms with Gasteiger partial charge in [-0.05, 0) is 37.1 Å². The van der Waals surface area contributed by atoms with E-state index in [4.69, 9.17) is 4.74 Å². The Bertz CT molecular complexity index is 1060. The molecule has 3 aromatic rings. The van der Waals surface area contributed by atoms with Crippen LogP contribution in [0.5, 0.6) is 0 Å². The van der Waals surface area contributed by atoms with E-state index >= 15 is 0 Å². The molecule has 0 fully saturated rings. The minimum atomic E-state index is -3.87. The van der Waals surface area contributed by atoms with Gasteiger partial charge in [-0.15, -0.1) is 0 Å². The fourth-order valence-electron chi connectivity index (χ4n) is 2.82. The van der Waals surface area contributed by atoms with E-state index in [1.165, 1.54) is 0 Å². The van der Waals surface area contributed by atoms with Crippen LogP contribution in [-0.2, 0) is 21.2 Å². The summed E-state index contributed by atoms with van der Waals surface area (Å²) >= 11 is 0. The Morgan fingerprint density at radius 1 is 0.862 bits per heavy atom. The standard InChI is InChI=1S/C23H23NO4S/c1-17-8-12-20(13-9-17)22(29(26,27)21-14-10-18(2)11-15-21)24-23(25)28-16-19-6-4-3-5-7-19/h3-15,22H,16H2,1-2H3,(H,24,25). The van der Waals surface area contributed by atoms with Crippen molar-refractivity contribution in [1.29, 1.82) is 0 Å². The zero-order chi connectivity index (χ0) is 20.9. The summed E-state index contributed by atoms with van der Waals surface area (Å²) in [7, 11) is -3.87. The largest absolute Gasteiger partial charge is 0.445 e. The number of alkyl carbamates (subject to hydrolysis) is 1. The van der Waals surface area contributed by atoms with Crippen LogP contribution >= 0.6 is 0 Å². The van der Waals surface area contributed by atoms with Gasteiger partial charge in [0.15, 0.2) is 5.37 Å². The van der Waals surface area contributed by atoms with Crippen LogP contribution in [-0.4, -0.2) is 14.5 Å². The Balaban J connectivity index is 1.86. The molecule has 0 saturated heterocycles. The molecule has 0 heterocycles. The molecule has 3 aromatic carbocycles. The Morgan fingerprint density at radius 2 is 1.41 bits per heavy atom. The van der Waals surface area contributed by atoms with Crippen LogP contribution in [0.15, 0.2) is 83.8 Å². The third-order valence-corrected chi connectivity index (χ3v) is 6.44. The average Bonchev–Trinajstić information content (AvgIpc) is 2.72. The molecule has 6 heteroatoms. The van der Waals surface area contributed by atoms with Crippen molar-refractivity contribution >= 4 is 15.9 Å². The smallest absolute Gasteiger partial charge is 0.408 e. The van der Waals surface area contributed by atoms with E-state index < -0.39 is 21.3 Å². The van der Waals surface area contributed by atoms with Crippen molar-refractivity contribution in [3.63, 3.8) is 0 Å². The van der Waals surface area contributed by atoms with E-state index in [1.807, 2.05) is 56.3 Å². The fourth-order valence-corrected chi connectivity index (χ4v) is 4.37. The molecule has 1 unspecified atom stereocenters. The minimum Gasteiger partial charge on any atom is -0.445 e. The van der Waals surface area contributed by atoms with E-state index in [0.29, 0.717) is 5.56 Å². The van der Waals surface area contributed by atoms with E-state index in [9.17, 15) is 13.2 Å². The normalized spacial score (nSPS) is 12.2. The molecule has 1 atom stereocenters. The fraction of sp³-hybridized carbons (Fsp3) is 0.174. The van der Waals surface area contributed by atoms with E-state index in [-0.39, 0.29) is 11.5 Å². The monoisotopic (exact) mass is 409 g/mol. The first-order valence-corrected chi connectivity index (χ1v) is 10.8. The van der Waals surface area contributed by atoms with E-state index in [2.05, 4.69) is 5.32 Å². The van der Waals surface area contributed by atoms with Gasteiger partial charge in [-0.25, -0.2) is 13.2 Å². The molecule has 0 spiro atoms. The summed E-state index contributed by atoms with van der Waals surface area (Å²) in [6, 6.07) is 22.8. The molecule has 0 aliphatic rings. The number of ether oxygens (including phenoxy) is 1. The summed E-state index contributed by atoms with van der Waals surface area (Å²) < 4.78 is 31.8. The third-order valence-electron chi connectivity index (χ3n) is 4.50. The number of amides is 1. The number of carbonyl (C=O) groups is 1. The lowest BCUT2D eigenvalue weighted by Crippen LogP contribution is -2.34. The maximum atomic E-state index is 13.3. The SMILES string of the molecule is Cc1ccc(C(NC(=O)OCc2ccccc2)S(=O)(=O)c2ccc(C)cc2)cc1. The molecule has 3 rings (SSSR count). The molecular weight excluding hydrogens is 386 g/mol. The van der Waals surface area contributed by atoms with Gasteiger partial charge in [-0.2, -0.15) is 0 Å². The molecule has 1 amide bonds. The van der Waals surface area contributed by atoms with Gasteiger partial charge in [0.1, 0.15) is 6.61 Å². The number of sulfone groups is 1. The van der Waals surface area contributed by atoms with Crippen LogP contribution in [0.25, 0.3) is 0 Å². The minimum absolute atomic E-state index is 0.0534. The number of nitrogens with one attached hydrogen (secondary N) is 1. The van der Waals surface area contributed by atoms with Crippen LogP contribution in [0.2, 0.25) is 0 Å². The molecule has 0 radical (unpaired) electrons. The Kier molecular flexibility index (Phi) is 6.34. The topological polar surface area (TPSA) is 72.5 Å². The molecule has 0 aliphatic carbocycles. The summed E-state index contributed by atoms with van der Waals surface area (Å²) in [5.74, 6) is 0. The highest BCUT2D eigenvalue weighted by atomic mass is 32.2. The van der Waals surface area contributed by atoms with Gasteiger partial charge in [-0.1, -0.05) is 77.9 Å². The molecule has 1 N–H and O–H groups in total. The summed E-state index contributed by atoms with van der Waals surface area (Å²) in [5, 5.41) is 1.27. The molecule has 29 heavy (non-hydrogen) atoms. The molecule has 5 nitrogen and oxygen atoms in total. The van der Waals surface area contributed by atoms with Crippen LogP contribution < -0.4 is 5.32 Å². The van der Waals surface area contributed by atoms with Crippen molar-refractivity contribution in [3.8, 4) is 0 Å². The lowest BCUT2D eigenvalue weighted by molar-refractivity contribution is 0.138. The van der Waals surface area contributed by atoms with Gasteiger partial charge in [-0.3, -0.25) is 0 Å². The van der Waals surface area contributed by atoms with Crippen LogP contribution in [0.1, 0.15) is 27.6 Å². The number of benzene rings is 3. The second-order valence-corrected chi connectivity index (χ2v) is 8.89. The van der Waals surface area contributed by atoms with E-state index in [1.54, 1.807) is 36.4 Å². The maximum Gasteiger partial charge on any atom is 0.408 e. The quantitative estimate of drug-likeness (QED) is 0.640. The highest BCUT2D eigenvalue weighted by Crippen LogP contribution is 2.27. The first-order chi connectivity index (χ1) is 13.9. The Labute approximate surface area is 171 Å². The van der Waals surface area contributed by atoms with Gasteiger partial charge in [0.05, 0.1) is 4.90 Å². The lowest BCUT2D eigenvalue weighted by atomic mass is 10.1. The molecular formula is C23H23NO4S. The predicted molar refractivity (Wildman–Crippen MR) is 112 cm³/mol. The average molecular weight is 410 g/mol. The molecule has 0 bridgehead atoms. The molecule has 0 saturated carbocycles. The van der Waals surface area contributed by atoms with Crippen LogP contribution in [0, 0.1) is 13.8 Å². The summed E-state index contributed by atoms with van der Waals surface area (Å²) in [6.45, 7) is 3.85. The number of rotatable bonds is 6. The number of hydrogen-bond acceptors (Lipinski definition) is 4. The van der Waals surface area contributed by atoms with Crippen molar-refractivity contribution in [2.75, 3.05) is 0 Å². The van der Waals surface area contributed by atoms with Crippen molar-refractivity contribution in [1.82, 2.24) is 5.32 Å². The van der Waals surface area contributed by atoms with Crippen LogP contribution in [0.4, 0.5) is 4.79 Å². The highest BCUT2D eigenvalue weighted by molar-refractivity contribution is 7.91. The van der Waals surface area contributed by atoms with Crippen molar-refractivity contribution in [2.45, 2.75) is 30.7 Å². The van der Waals surface area contributed by atoms with Gasteiger partial charge >= 0.3 is 6.09 Å². The number of hydrogen-bond donors (Lipinski definition) is 1. The second-order valence-electron chi connectivity index (χ2n) is 6.85. The first-order valence-electron chi connectivity index (χ1n) is 9.20. The summed E-state index contributed by atoms with van der Waals surface area (Å²) in [6.07, 6.45) is -0.796. The maximum absolute atomic E-state index is 13.3. The zero-order valence-electron chi connectivity index (χ0n) is 16.3. The summed E-state index contributed by atoms with van der Waals surface area (Å²) in [4.78, 5) is 12.5. The van der Waals surface area contributed by atoms with Crippen molar-refractivity contribution < 1.29 is 17.9 Å². The molecule has 150 valence electrons. The van der Waals surface area contributed by atoms with Crippen molar-refractivity contribution in [2.24, 2.45) is 0 Å². The van der Waals surface area contributed by atoms with Gasteiger partial charge in [0, 0.05) is 0 Å². The lowest BCUT2D eigenvalue weighted by Gasteiger charge is -2.20. The third kappa shape index (κ3) is 5.23. The molecule has 0 aliphatic heterocycles. The predicted octanol–water partition coefficient (Wildman–Crippen LogP) is 4.70. The number of aryl methyl sites for hydroxylation is 2. The van der Waals surface area contributed by atoms with Crippen molar-refractivity contribution in [3.05, 3.63) is 101 Å². The first kappa shape index (κ1) is 20.6. The summed E-state index contributed by atoms with van der Waals surface area (Å²) in [5.41, 5.74) is 3.22. The highest BCUT2D eigenvalue weighted by Gasteiger charge is 2.31. The second kappa shape index (κ2) is 8.92. The zero-order valence-corrected chi connectivity index (χ0v) is 17.1. The van der Waals surface area contributed by atoms with Crippen LogP contribution in [0.3, 0.4) is 0 Å². The van der Waals surface area contributed by atoms with E-state index in [0.717, 1.165) is 16.7 Å². The Morgan fingerprint density at radius 3 is 2.00 bits per heavy atom. The van der Waals surface area contributed by atoms with Gasteiger partial charge in [0.25, 0.3) is 0 Å². The Hall–Kier alpha value is -3.12. The van der Waals surface area contributed by atoms with Gasteiger partial charge < -0.3 is 10.1 Å². The molecule has 0 aromatic heterocycles.